The van der Waals surface area contributed by atoms with Crippen molar-refractivity contribution in [3.63, 3.8) is 0 Å². The van der Waals surface area contributed by atoms with E-state index in [9.17, 15) is 4.79 Å². The molecule has 0 spiro atoms. The minimum absolute atomic E-state index is 0.0150. The van der Waals surface area contributed by atoms with Crippen molar-refractivity contribution in [1.29, 1.82) is 0 Å². The van der Waals surface area contributed by atoms with Gasteiger partial charge < -0.3 is 19.1 Å². The zero-order valence-corrected chi connectivity index (χ0v) is 15.6. The molecule has 3 aliphatic rings. The van der Waals surface area contributed by atoms with Crippen LogP contribution in [0.3, 0.4) is 0 Å². The molecule has 5 nitrogen and oxygen atoms in total. The SMILES string of the molecule is CCc1cc(C(=O)N2CC3=C(CC(C4CO4)C=C3)C2)c(OC)cc1OC. The maximum absolute atomic E-state index is 13.2. The highest BCUT2D eigenvalue weighted by molar-refractivity contribution is 5.98. The third kappa shape index (κ3) is 3.01. The van der Waals surface area contributed by atoms with Gasteiger partial charge in [-0.05, 0) is 35.6 Å². The van der Waals surface area contributed by atoms with Crippen LogP contribution in [0.5, 0.6) is 11.5 Å². The Morgan fingerprint density at radius 1 is 1.23 bits per heavy atom. The number of aryl methyl sites for hydroxylation is 1. The van der Waals surface area contributed by atoms with Gasteiger partial charge in [0, 0.05) is 25.1 Å². The minimum atomic E-state index is 0.0150. The van der Waals surface area contributed by atoms with E-state index in [4.69, 9.17) is 14.2 Å². The van der Waals surface area contributed by atoms with Crippen molar-refractivity contribution in [3.8, 4) is 11.5 Å². The number of amides is 1. The lowest BCUT2D eigenvalue weighted by molar-refractivity contribution is 0.0792. The highest BCUT2D eigenvalue weighted by atomic mass is 16.6. The zero-order chi connectivity index (χ0) is 18.3. The topological polar surface area (TPSA) is 51.3 Å². The minimum Gasteiger partial charge on any atom is -0.496 e. The molecule has 1 aromatic rings. The average molecular weight is 355 g/mol. The number of nitrogens with zero attached hydrogens (tertiary/aromatic N) is 1. The Hall–Kier alpha value is -2.27. The van der Waals surface area contributed by atoms with Gasteiger partial charge in [0.05, 0.1) is 32.5 Å². The van der Waals surface area contributed by atoms with Gasteiger partial charge in [0.2, 0.25) is 0 Å². The third-order valence-electron chi connectivity index (χ3n) is 5.56. The number of hydrogen-bond donors (Lipinski definition) is 0. The number of methoxy groups -OCH3 is 2. The number of benzene rings is 1. The lowest BCUT2D eigenvalue weighted by Crippen LogP contribution is -2.30. The smallest absolute Gasteiger partial charge is 0.258 e. The lowest BCUT2D eigenvalue weighted by Gasteiger charge is -2.20. The number of carbonyl (C=O) groups is 1. The highest BCUT2D eigenvalue weighted by Crippen LogP contribution is 2.37. The molecular weight excluding hydrogens is 330 g/mol. The van der Waals surface area contributed by atoms with Crippen LogP contribution >= 0.6 is 0 Å². The van der Waals surface area contributed by atoms with E-state index in [1.54, 1.807) is 14.2 Å². The summed E-state index contributed by atoms with van der Waals surface area (Å²) >= 11 is 0. The molecule has 26 heavy (non-hydrogen) atoms. The van der Waals surface area contributed by atoms with Crippen LogP contribution in [-0.2, 0) is 11.2 Å². The van der Waals surface area contributed by atoms with E-state index in [0.29, 0.717) is 36.4 Å². The number of ether oxygens (including phenoxy) is 3. The predicted octanol–water partition coefficient (Wildman–Crippen LogP) is 2.99. The number of hydrogen-bond acceptors (Lipinski definition) is 4. The molecule has 2 heterocycles. The molecule has 0 N–H and O–H groups in total. The molecule has 1 fully saturated rings. The van der Waals surface area contributed by atoms with E-state index in [-0.39, 0.29) is 5.91 Å². The van der Waals surface area contributed by atoms with Crippen LogP contribution in [0.4, 0.5) is 0 Å². The van der Waals surface area contributed by atoms with Gasteiger partial charge in [-0.1, -0.05) is 19.1 Å². The summed E-state index contributed by atoms with van der Waals surface area (Å²) in [7, 11) is 3.23. The zero-order valence-electron chi connectivity index (χ0n) is 15.6. The van der Waals surface area contributed by atoms with Crippen LogP contribution < -0.4 is 9.47 Å². The lowest BCUT2D eigenvalue weighted by atomic mass is 9.89. The van der Waals surface area contributed by atoms with Gasteiger partial charge in [-0.3, -0.25) is 4.79 Å². The molecule has 2 aliphatic heterocycles. The Morgan fingerprint density at radius 2 is 2.00 bits per heavy atom. The van der Waals surface area contributed by atoms with Crippen LogP contribution in [0, 0.1) is 5.92 Å². The third-order valence-corrected chi connectivity index (χ3v) is 5.56. The molecule has 0 radical (unpaired) electrons. The summed E-state index contributed by atoms with van der Waals surface area (Å²) in [6.45, 7) is 4.28. The Labute approximate surface area is 154 Å². The second kappa shape index (κ2) is 6.80. The largest absolute Gasteiger partial charge is 0.496 e. The maximum atomic E-state index is 13.2. The molecule has 0 bridgehead atoms. The summed E-state index contributed by atoms with van der Waals surface area (Å²) in [6, 6.07) is 3.73. The van der Waals surface area contributed by atoms with Gasteiger partial charge in [0.15, 0.2) is 0 Å². The standard InChI is InChI=1S/C21H25NO4/c1-4-13-8-17(19(25-3)9-18(13)24-2)21(23)22-10-15-6-5-14(20-12-26-20)7-16(15)11-22/h5-6,8-9,14,20H,4,7,10-12H2,1-3H3. The molecular formula is C21H25NO4. The van der Waals surface area contributed by atoms with Crippen LogP contribution in [-0.4, -0.2) is 50.8 Å². The molecule has 1 saturated heterocycles. The summed E-state index contributed by atoms with van der Waals surface area (Å²) in [4.78, 5) is 15.1. The molecule has 138 valence electrons. The Morgan fingerprint density at radius 3 is 2.65 bits per heavy atom. The molecule has 2 atom stereocenters. The predicted molar refractivity (Wildman–Crippen MR) is 98.8 cm³/mol. The van der Waals surface area contributed by atoms with E-state index < -0.39 is 0 Å². The number of epoxide rings is 1. The second-order valence-corrected chi connectivity index (χ2v) is 7.11. The Balaban J connectivity index is 1.55. The first-order valence-corrected chi connectivity index (χ1v) is 9.19. The fourth-order valence-corrected chi connectivity index (χ4v) is 3.94. The van der Waals surface area contributed by atoms with E-state index in [0.717, 1.165) is 30.8 Å². The molecule has 1 aliphatic carbocycles. The first kappa shape index (κ1) is 17.2. The van der Waals surface area contributed by atoms with Gasteiger partial charge in [-0.25, -0.2) is 0 Å². The molecule has 0 aromatic heterocycles. The van der Waals surface area contributed by atoms with Gasteiger partial charge in [0.25, 0.3) is 5.91 Å². The Kier molecular flexibility index (Phi) is 4.49. The monoisotopic (exact) mass is 355 g/mol. The number of carbonyl (C=O) groups excluding carboxylic acids is 1. The van der Waals surface area contributed by atoms with Crippen LogP contribution in [0.1, 0.15) is 29.3 Å². The summed E-state index contributed by atoms with van der Waals surface area (Å²) in [6.07, 6.45) is 6.60. The second-order valence-electron chi connectivity index (χ2n) is 7.11. The van der Waals surface area contributed by atoms with Crippen molar-refractivity contribution in [2.75, 3.05) is 33.9 Å². The Bertz CT molecular complexity index is 791. The van der Waals surface area contributed by atoms with Gasteiger partial charge >= 0.3 is 0 Å². The van der Waals surface area contributed by atoms with E-state index in [2.05, 4.69) is 19.1 Å². The molecule has 0 saturated carbocycles. The molecule has 5 heteroatoms. The molecule has 1 aromatic carbocycles. The summed E-state index contributed by atoms with van der Waals surface area (Å²) in [5, 5.41) is 0. The number of rotatable bonds is 5. The van der Waals surface area contributed by atoms with Crippen molar-refractivity contribution in [2.24, 2.45) is 5.92 Å². The van der Waals surface area contributed by atoms with Crippen LogP contribution in [0.25, 0.3) is 0 Å². The summed E-state index contributed by atoms with van der Waals surface area (Å²) < 4.78 is 16.3. The van der Waals surface area contributed by atoms with E-state index in [1.165, 1.54) is 11.1 Å². The summed E-state index contributed by atoms with van der Waals surface area (Å²) in [5.74, 6) is 1.80. The quantitative estimate of drug-likeness (QED) is 0.762. The van der Waals surface area contributed by atoms with E-state index in [1.807, 2.05) is 17.0 Å². The van der Waals surface area contributed by atoms with Gasteiger partial charge in [-0.2, -0.15) is 0 Å². The van der Waals surface area contributed by atoms with Crippen molar-refractivity contribution in [3.05, 3.63) is 46.6 Å². The first-order valence-electron chi connectivity index (χ1n) is 9.19. The summed E-state index contributed by atoms with van der Waals surface area (Å²) in [5.41, 5.74) is 4.26. The maximum Gasteiger partial charge on any atom is 0.258 e. The molecule has 1 amide bonds. The van der Waals surface area contributed by atoms with Crippen LogP contribution in [0.15, 0.2) is 35.4 Å². The first-order chi connectivity index (χ1) is 12.6. The van der Waals surface area contributed by atoms with E-state index >= 15 is 0 Å². The average Bonchev–Trinajstić information content (AvgIpc) is 3.44. The van der Waals surface area contributed by atoms with Gasteiger partial charge in [-0.15, -0.1) is 0 Å². The molecule has 4 rings (SSSR count). The normalized spacial score (nSPS) is 23.9. The fraction of sp³-hybridized carbons (Fsp3) is 0.476. The highest BCUT2D eigenvalue weighted by Gasteiger charge is 2.36. The molecule has 2 unspecified atom stereocenters. The van der Waals surface area contributed by atoms with Crippen molar-refractivity contribution < 1.29 is 19.0 Å². The van der Waals surface area contributed by atoms with Crippen LogP contribution in [0.2, 0.25) is 0 Å². The fourth-order valence-electron chi connectivity index (χ4n) is 3.94. The van der Waals surface area contributed by atoms with Crippen molar-refractivity contribution in [1.82, 2.24) is 4.90 Å². The van der Waals surface area contributed by atoms with Gasteiger partial charge in [0.1, 0.15) is 11.5 Å². The van der Waals surface area contributed by atoms with Crippen molar-refractivity contribution >= 4 is 5.91 Å². The van der Waals surface area contributed by atoms with Crippen molar-refractivity contribution in [2.45, 2.75) is 25.9 Å².